The van der Waals surface area contributed by atoms with Gasteiger partial charge in [0.25, 0.3) is 0 Å². The number of nitrogens with one attached hydrogen (secondary N) is 4. The summed E-state index contributed by atoms with van der Waals surface area (Å²) in [6.45, 7) is -0.0770. The number of hydrogen-bond donors (Lipinski definition) is 5. The van der Waals surface area contributed by atoms with Gasteiger partial charge in [-0.25, -0.2) is 31.9 Å². The summed E-state index contributed by atoms with van der Waals surface area (Å²) in [4.78, 5) is 16.6. The van der Waals surface area contributed by atoms with E-state index in [0.29, 0.717) is 61.6 Å². The van der Waals surface area contributed by atoms with Crippen LogP contribution in [-0.4, -0.2) is 56.1 Å². The SMILES string of the molecule is CS(=O)(=O)NCc1cc(F)cc(-c2ccnc3[nH]c(-c4n[nH]c5c(F)cc(-c6cncc(NC(O)C7CCCCC7)c6)cc45)nc23)c1. The van der Waals surface area contributed by atoms with E-state index in [1.165, 1.54) is 24.6 Å². The molecule has 6 aromatic rings. The van der Waals surface area contributed by atoms with Crippen molar-refractivity contribution in [2.24, 2.45) is 5.92 Å². The number of anilines is 1. The predicted octanol–water partition coefficient (Wildman–Crippen LogP) is 5.87. The number of rotatable bonds is 9. The Balaban J connectivity index is 1.23. The number of imidazole rings is 1. The molecule has 1 saturated carbocycles. The maximum absolute atomic E-state index is 15.4. The van der Waals surface area contributed by atoms with Gasteiger partial charge >= 0.3 is 0 Å². The Morgan fingerprint density at radius 3 is 2.66 bits per heavy atom. The molecule has 1 aliphatic carbocycles. The number of H-pyrrole nitrogens is 2. The molecule has 4 aromatic heterocycles. The number of aliphatic hydroxyl groups is 1. The van der Waals surface area contributed by atoms with Crippen molar-refractivity contribution in [2.45, 2.75) is 44.9 Å². The van der Waals surface area contributed by atoms with Gasteiger partial charge < -0.3 is 15.4 Å². The van der Waals surface area contributed by atoms with Gasteiger partial charge in [-0.1, -0.05) is 19.3 Å². The molecule has 7 rings (SSSR count). The van der Waals surface area contributed by atoms with Crippen LogP contribution in [0.4, 0.5) is 14.5 Å². The lowest BCUT2D eigenvalue weighted by Gasteiger charge is -2.27. The van der Waals surface area contributed by atoms with Crippen LogP contribution in [0.15, 0.2) is 61.1 Å². The highest BCUT2D eigenvalue weighted by atomic mass is 32.2. The number of nitrogens with zero attached hydrogens (tertiary/aromatic N) is 4. The topological polar surface area (TPSA) is 162 Å². The third kappa shape index (κ3) is 6.57. The van der Waals surface area contributed by atoms with Gasteiger partial charge in [-0.15, -0.1) is 0 Å². The van der Waals surface area contributed by atoms with Crippen molar-refractivity contribution in [3.8, 4) is 33.8 Å². The first-order valence-corrected chi connectivity index (χ1v) is 17.2. The molecule has 1 aliphatic rings. The molecule has 47 heavy (non-hydrogen) atoms. The first-order chi connectivity index (χ1) is 22.6. The number of pyridine rings is 2. The number of hydrogen-bond acceptors (Lipinski definition) is 8. The zero-order valence-corrected chi connectivity index (χ0v) is 26.2. The maximum Gasteiger partial charge on any atom is 0.209 e. The van der Waals surface area contributed by atoms with E-state index in [-0.39, 0.29) is 18.0 Å². The minimum absolute atomic E-state index is 0.0770. The van der Waals surface area contributed by atoms with Crippen molar-refractivity contribution in [1.29, 1.82) is 0 Å². The van der Waals surface area contributed by atoms with E-state index in [1.807, 2.05) is 6.07 Å². The quantitative estimate of drug-likeness (QED) is 0.121. The normalized spacial score (nSPS) is 15.0. The monoisotopic (exact) mass is 658 g/mol. The molecule has 5 N–H and O–H groups in total. The third-order valence-corrected chi connectivity index (χ3v) is 9.19. The average molecular weight is 659 g/mol. The van der Waals surface area contributed by atoms with Gasteiger partial charge in [-0.3, -0.25) is 10.1 Å². The Kier molecular flexibility index (Phi) is 8.16. The first-order valence-electron chi connectivity index (χ1n) is 15.3. The van der Waals surface area contributed by atoms with Crippen molar-refractivity contribution >= 4 is 37.8 Å². The molecule has 0 aliphatic heterocycles. The first kappa shape index (κ1) is 30.8. The fourth-order valence-electron chi connectivity index (χ4n) is 6.22. The van der Waals surface area contributed by atoms with Crippen molar-refractivity contribution < 1.29 is 22.3 Å². The van der Waals surface area contributed by atoms with Crippen LogP contribution in [0.25, 0.3) is 55.8 Å². The Morgan fingerprint density at radius 2 is 1.85 bits per heavy atom. The number of benzene rings is 2. The Morgan fingerprint density at radius 1 is 1.02 bits per heavy atom. The second kappa shape index (κ2) is 12.4. The van der Waals surface area contributed by atoms with Crippen LogP contribution >= 0.6 is 0 Å². The molecule has 1 unspecified atom stereocenters. The van der Waals surface area contributed by atoms with Crippen molar-refractivity contribution in [3.05, 3.63) is 78.3 Å². The number of aromatic amines is 2. The standard InChI is InChI=1S/C33H32F2N8O3S/c1-47(45,46)38-15-18-9-21(11-23(34)10-18)25-7-8-37-31-29(25)40-32(41-31)30-26-13-20(14-27(35)28(26)42-43-30)22-12-24(17-36-16-22)39-33(44)19-5-3-2-4-6-19/h7-14,16-17,19,33,38-39,44H,2-6,15H2,1H3,(H,42,43)(H,37,40,41). The van der Waals surface area contributed by atoms with E-state index in [2.05, 4.69) is 35.2 Å². The van der Waals surface area contributed by atoms with Gasteiger partial charge in [-0.05, 0) is 72.0 Å². The molecule has 2 aromatic carbocycles. The maximum atomic E-state index is 15.4. The average Bonchev–Trinajstić information content (AvgIpc) is 3.68. The van der Waals surface area contributed by atoms with E-state index in [4.69, 9.17) is 4.98 Å². The van der Waals surface area contributed by atoms with E-state index >= 15 is 4.39 Å². The summed E-state index contributed by atoms with van der Waals surface area (Å²) in [5, 5.41) is 21.5. The summed E-state index contributed by atoms with van der Waals surface area (Å²) in [6.07, 6.45) is 10.5. The third-order valence-electron chi connectivity index (χ3n) is 8.52. The van der Waals surface area contributed by atoms with Crippen LogP contribution < -0.4 is 10.0 Å². The number of aromatic nitrogens is 6. The van der Waals surface area contributed by atoms with Gasteiger partial charge in [0.15, 0.2) is 11.5 Å². The van der Waals surface area contributed by atoms with E-state index < -0.39 is 27.9 Å². The smallest absolute Gasteiger partial charge is 0.209 e. The Labute approximate surface area is 268 Å². The molecule has 0 radical (unpaired) electrons. The lowest BCUT2D eigenvalue weighted by Crippen LogP contribution is -2.30. The highest BCUT2D eigenvalue weighted by Gasteiger charge is 2.22. The van der Waals surface area contributed by atoms with Crippen LogP contribution in [-0.2, 0) is 16.6 Å². The lowest BCUT2D eigenvalue weighted by molar-refractivity contribution is 0.109. The number of halogens is 2. The second-order valence-corrected chi connectivity index (χ2v) is 13.8. The number of fused-ring (bicyclic) bond motifs is 2. The van der Waals surface area contributed by atoms with Gasteiger partial charge in [0.05, 0.1) is 18.1 Å². The minimum Gasteiger partial charge on any atom is -0.374 e. The summed E-state index contributed by atoms with van der Waals surface area (Å²) >= 11 is 0. The van der Waals surface area contributed by atoms with Crippen LogP contribution in [0.5, 0.6) is 0 Å². The fraction of sp³-hybridized carbons (Fsp3) is 0.273. The Bertz CT molecular complexity index is 2210. The van der Waals surface area contributed by atoms with Crippen LogP contribution in [0, 0.1) is 17.6 Å². The zero-order valence-electron chi connectivity index (χ0n) is 25.4. The highest BCUT2D eigenvalue weighted by molar-refractivity contribution is 7.88. The van der Waals surface area contributed by atoms with Crippen molar-refractivity contribution in [1.82, 2.24) is 34.9 Å². The molecular formula is C33H32F2N8O3S. The summed E-state index contributed by atoms with van der Waals surface area (Å²) in [7, 11) is -3.48. The number of aliphatic hydroxyl groups excluding tert-OH is 1. The van der Waals surface area contributed by atoms with Gasteiger partial charge in [0.1, 0.15) is 34.6 Å². The highest BCUT2D eigenvalue weighted by Crippen LogP contribution is 2.35. The lowest BCUT2D eigenvalue weighted by atomic mass is 9.88. The van der Waals surface area contributed by atoms with Gasteiger partial charge in [-0.2, -0.15) is 5.10 Å². The molecule has 0 spiro atoms. The molecule has 1 fully saturated rings. The van der Waals surface area contributed by atoms with Gasteiger partial charge in [0, 0.05) is 41.4 Å². The van der Waals surface area contributed by atoms with E-state index in [1.54, 1.807) is 36.8 Å². The van der Waals surface area contributed by atoms with E-state index in [0.717, 1.165) is 31.9 Å². The van der Waals surface area contributed by atoms with Crippen LogP contribution in [0.2, 0.25) is 0 Å². The zero-order chi connectivity index (χ0) is 32.7. The molecule has 1 atom stereocenters. The predicted molar refractivity (Wildman–Crippen MR) is 175 cm³/mol. The van der Waals surface area contributed by atoms with Crippen molar-refractivity contribution in [2.75, 3.05) is 11.6 Å². The summed E-state index contributed by atoms with van der Waals surface area (Å²) in [6, 6.07) is 11.0. The van der Waals surface area contributed by atoms with Crippen LogP contribution in [0.1, 0.15) is 37.7 Å². The number of sulfonamides is 1. The molecule has 242 valence electrons. The summed E-state index contributed by atoms with van der Waals surface area (Å²) < 4.78 is 55.6. The summed E-state index contributed by atoms with van der Waals surface area (Å²) in [5.41, 5.74) is 4.72. The molecule has 0 saturated heterocycles. The second-order valence-electron chi connectivity index (χ2n) is 12.0. The van der Waals surface area contributed by atoms with Crippen LogP contribution in [0.3, 0.4) is 0 Å². The largest absolute Gasteiger partial charge is 0.374 e. The fourth-order valence-corrected chi connectivity index (χ4v) is 6.65. The van der Waals surface area contributed by atoms with E-state index in [9.17, 15) is 17.9 Å². The molecule has 14 heteroatoms. The van der Waals surface area contributed by atoms with Crippen molar-refractivity contribution in [3.63, 3.8) is 0 Å². The molecular weight excluding hydrogens is 626 g/mol. The molecule has 11 nitrogen and oxygen atoms in total. The molecule has 0 amide bonds. The summed E-state index contributed by atoms with van der Waals surface area (Å²) in [5.74, 6) is -0.551. The minimum atomic E-state index is -3.48. The van der Waals surface area contributed by atoms with Gasteiger partial charge in [0.2, 0.25) is 10.0 Å². The Hall–Kier alpha value is -4.79. The molecule has 0 bridgehead atoms. The molecule has 4 heterocycles.